The Morgan fingerprint density at radius 1 is 1.24 bits per heavy atom. The van der Waals surface area contributed by atoms with Gasteiger partial charge in [0.15, 0.2) is 0 Å². The highest BCUT2D eigenvalue weighted by atomic mass is 35.5. The third-order valence-electron chi connectivity index (χ3n) is 4.85. The van der Waals surface area contributed by atoms with Crippen LogP contribution >= 0.6 is 11.6 Å². The molecular weight excluding hydrogens is 384 g/mol. The molecule has 1 aliphatic heterocycles. The molecule has 29 heavy (non-hydrogen) atoms. The fraction of sp³-hybridized carbons (Fsp3) is 0.167. The van der Waals surface area contributed by atoms with Gasteiger partial charge in [-0.25, -0.2) is 0 Å². The van der Waals surface area contributed by atoms with Crippen LogP contribution in [0.15, 0.2) is 67.0 Å². The SMILES string of the molecule is Cc1ccc(-c2cc(Cl)c3c(c2)CC(CNC(=O)/C=C/c2cccnc2)O3)cc1. The smallest absolute Gasteiger partial charge is 0.244 e. The van der Waals surface area contributed by atoms with E-state index in [9.17, 15) is 4.79 Å². The number of carbonyl (C=O) groups excluding carboxylic acids is 1. The second-order valence-corrected chi connectivity index (χ2v) is 7.53. The molecule has 2 aromatic carbocycles. The molecule has 1 N–H and O–H groups in total. The van der Waals surface area contributed by atoms with Crippen LogP contribution in [0.2, 0.25) is 5.02 Å². The fourth-order valence-electron chi connectivity index (χ4n) is 3.33. The Morgan fingerprint density at radius 3 is 2.83 bits per heavy atom. The van der Waals surface area contributed by atoms with Crippen molar-refractivity contribution in [1.82, 2.24) is 10.3 Å². The number of hydrogen-bond donors (Lipinski definition) is 1. The van der Waals surface area contributed by atoms with Crippen LogP contribution in [0.25, 0.3) is 17.2 Å². The molecule has 1 aliphatic rings. The summed E-state index contributed by atoms with van der Waals surface area (Å²) in [5.74, 6) is 0.549. The van der Waals surface area contributed by atoms with Gasteiger partial charge in [0.2, 0.25) is 5.91 Å². The Labute approximate surface area is 175 Å². The highest BCUT2D eigenvalue weighted by molar-refractivity contribution is 6.32. The number of rotatable bonds is 5. The van der Waals surface area contributed by atoms with Gasteiger partial charge in [-0.3, -0.25) is 9.78 Å². The third kappa shape index (κ3) is 4.66. The molecule has 2 heterocycles. The average molecular weight is 405 g/mol. The Kier molecular flexibility index (Phi) is 5.63. The van der Waals surface area contributed by atoms with Gasteiger partial charge in [-0.1, -0.05) is 47.5 Å². The van der Waals surface area contributed by atoms with Crippen LogP contribution in [0.5, 0.6) is 5.75 Å². The first-order valence-electron chi connectivity index (χ1n) is 9.50. The highest BCUT2D eigenvalue weighted by Crippen LogP contribution is 2.39. The predicted octanol–water partition coefficient (Wildman–Crippen LogP) is 4.84. The monoisotopic (exact) mass is 404 g/mol. The number of amides is 1. The normalized spacial score (nSPS) is 15.2. The molecule has 3 aromatic rings. The molecule has 5 heteroatoms. The predicted molar refractivity (Wildman–Crippen MR) is 116 cm³/mol. The minimum atomic E-state index is -0.167. The lowest BCUT2D eigenvalue weighted by Gasteiger charge is -2.11. The van der Waals surface area contributed by atoms with Crippen LogP contribution in [-0.4, -0.2) is 23.5 Å². The van der Waals surface area contributed by atoms with Crippen molar-refractivity contribution in [2.45, 2.75) is 19.4 Å². The lowest BCUT2D eigenvalue weighted by Crippen LogP contribution is -2.33. The Hall–Kier alpha value is -3.11. The number of aromatic nitrogens is 1. The molecular formula is C24H21ClN2O2. The largest absolute Gasteiger partial charge is 0.486 e. The van der Waals surface area contributed by atoms with E-state index in [-0.39, 0.29) is 12.0 Å². The number of nitrogens with one attached hydrogen (secondary N) is 1. The van der Waals surface area contributed by atoms with Gasteiger partial charge in [0, 0.05) is 30.5 Å². The number of aryl methyl sites for hydroxylation is 1. The van der Waals surface area contributed by atoms with E-state index in [1.807, 2.05) is 18.2 Å². The van der Waals surface area contributed by atoms with Gasteiger partial charge in [0.1, 0.15) is 11.9 Å². The van der Waals surface area contributed by atoms with Crippen LogP contribution in [-0.2, 0) is 11.2 Å². The van der Waals surface area contributed by atoms with Crippen LogP contribution in [0.4, 0.5) is 0 Å². The zero-order chi connectivity index (χ0) is 20.2. The van der Waals surface area contributed by atoms with Gasteiger partial charge in [-0.2, -0.15) is 0 Å². The molecule has 146 valence electrons. The summed E-state index contributed by atoms with van der Waals surface area (Å²) in [4.78, 5) is 16.1. The fourth-order valence-corrected chi connectivity index (χ4v) is 3.62. The molecule has 0 spiro atoms. The summed E-state index contributed by atoms with van der Waals surface area (Å²) in [6.07, 6.45) is 7.21. The first-order valence-corrected chi connectivity index (χ1v) is 9.88. The maximum absolute atomic E-state index is 12.1. The zero-order valence-corrected chi connectivity index (χ0v) is 16.8. The minimum Gasteiger partial charge on any atom is -0.486 e. The summed E-state index contributed by atoms with van der Waals surface area (Å²) < 4.78 is 5.98. The topological polar surface area (TPSA) is 51.2 Å². The van der Waals surface area contributed by atoms with Gasteiger partial charge in [0.25, 0.3) is 0 Å². The molecule has 1 amide bonds. The number of ether oxygens (including phenoxy) is 1. The summed E-state index contributed by atoms with van der Waals surface area (Å²) in [6.45, 7) is 2.49. The lowest BCUT2D eigenvalue weighted by atomic mass is 10.00. The molecule has 0 fully saturated rings. The Balaban J connectivity index is 1.38. The second kappa shape index (κ2) is 8.50. The molecule has 0 saturated heterocycles. The second-order valence-electron chi connectivity index (χ2n) is 7.12. The number of hydrogen-bond acceptors (Lipinski definition) is 3. The first kappa shape index (κ1) is 19.2. The number of nitrogens with zero attached hydrogens (tertiary/aromatic N) is 1. The van der Waals surface area contributed by atoms with E-state index < -0.39 is 0 Å². The molecule has 0 saturated carbocycles. The molecule has 1 aromatic heterocycles. The summed E-state index contributed by atoms with van der Waals surface area (Å²) in [7, 11) is 0. The van der Waals surface area contributed by atoms with Crippen molar-refractivity contribution >= 4 is 23.6 Å². The minimum absolute atomic E-state index is 0.133. The van der Waals surface area contributed by atoms with Gasteiger partial charge < -0.3 is 10.1 Å². The molecule has 4 rings (SSSR count). The van der Waals surface area contributed by atoms with E-state index in [4.69, 9.17) is 16.3 Å². The summed E-state index contributed by atoms with van der Waals surface area (Å²) >= 11 is 6.47. The molecule has 0 radical (unpaired) electrons. The third-order valence-corrected chi connectivity index (χ3v) is 5.13. The van der Waals surface area contributed by atoms with Crippen molar-refractivity contribution in [3.8, 4) is 16.9 Å². The molecule has 1 atom stereocenters. The molecule has 4 nitrogen and oxygen atoms in total. The van der Waals surface area contributed by atoms with E-state index in [2.05, 4.69) is 47.6 Å². The summed E-state index contributed by atoms with van der Waals surface area (Å²) in [6, 6.07) is 16.1. The maximum Gasteiger partial charge on any atom is 0.244 e. The van der Waals surface area contributed by atoms with E-state index in [1.54, 1.807) is 18.5 Å². The van der Waals surface area contributed by atoms with Crippen molar-refractivity contribution in [3.05, 3.63) is 88.7 Å². The number of halogens is 1. The Bertz CT molecular complexity index is 1050. The quantitative estimate of drug-likeness (QED) is 0.619. The van der Waals surface area contributed by atoms with Crippen LogP contribution in [0.1, 0.15) is 16.7 Å². The highest BCUT2D eigenvalue weighted by Gasteiger charge is 2.26. The van der Waals surface area contributed by atoms with Crippen molar-refractivity contribution in [1.29, 1.82) is 0 Å². The van der Waals surface area contributed by atoms with Crippen molar-refractivity contribution < 1.29 is 9.53 Å². The molecule has 0 aliphatic carbocycles. The van der Waals surface area contributed by atoms with Crippen LogP contribution in [0.3, 0.4) is 0 Å². The number of carbonyl (C=O) groups is 1. The number of benzene rings is 2. The zero-order valence-electron chi connectivity index (χ0n) is 16.1. The van der Waals surface area contributed by atoms with E-state index in [0.29, 0.717) is 23.7 Å². The van der Waals surface area contributed by atoms with Crippen molar-refractivity contribution in [3.63, 3.8) is 0 Å². The molecule has 1 unspecified atom stereocenters. The van der Waals surface area contributed by atoms with Gasteiger partial charge in [0.05, 0.1) is 11.6 Å². The summed E-state index contributed by atoms with van der Waals surface area (Å²) in [5.41, 5.74) is 5.36. The van der Waals surface area contributed by atoms with Crippen molar-refractivity contribution in [2.75, 3.05) is 6.54 Å². The van der Waals surface area contributed by atoms with Crippen molar-refractivity contribution in [2.24, 2.45) is 0 Å². The van der Waals surface area contributed by atoms with Crippen LogP contribution < -0.4 is 10.1 Å². The van der Waals surface area contributed by atoms with E-state index >= 15 is 0 Å². The number of pyridine rings is 1. The van der Waals surface area contributed by atoms with Crippen LogP contribution in [0, 0.1) is 6.92 Å². The van der Waals surface area contributed by atoms with Gasteiger partial charge >= 0.3 is 0 Å². The molecule has 0 bridgehead atoms. The average Bonchev–Trinajstić information content (AvgIpc) is 3.16. The Morgan fingerprint density at radius 2 is 2.07 bits per heavy atom. The number of fused-ring (bicyclic) bond motifs is 1. The summed E-state index contributed by atoms with van der Waals surface area (Å²) in [5, 5.41) is 3.49. The maximum atomic E-state index is 12.1. The lowest BCUT2D eigenvalue weighted by molar-refractivity contribution is -0.116. The standard InChI is InChI=1S/C24H21ClN2O2/c1-16-4-7-18(8-5-16)19-11-20-12-21(29-24(20)22(25)13-19)15-27-23(28)9-6-17-3-2-10-26-14-17/h2-11,13-14,21H,12,15H2,1H3,(H,27,28)/b9-6+. The van der Waals surface area contributed by atoms with Gasteiger partial charge in [-0.15, -0.1) is 0 Å². The first-order chi connectivity index (χ1) is 14.1. The van der Waals surface area contributed by atoms with Gasteiger partial charge in [-0.05, 0) is 47.9 Å². The van der Waals surface area contributed by atoms with E-state index in [1.165, 1.54) is 11.6 Å². The van der Waals surface area contributed by atoms with E-state index in [0.717, 1.165) is 22.3 Å².